The van der Waals surface area contributed by atoms with Crippen molar-refractivity contribution in [3.05, 3.63) is 35.9 Å². The Kier molecular flexibility index (Phi) is 5.69. The van der Waals surface area contributed by atoms with Gasteiger partial charge in [0, 0.05) is 19.6 Å². The Morgan fingerprint density at radius 1 is 1.00 bits per heavy atom. The lowest BCUT2D eigenvalue weighted by atomic mass is 10.2. The highest BCUT2D eigenvalue weighted by molar-refractivity contribution is 5.14. The lowest BCUT2D eigenvalue weighted by Gasteiger charge is -2.24. The van der Waals surface area contributed by atoms with Gasteiger partial charge in [0.05, 0.1) is 0 Å². The molecule has 0 amide bonds. The van der Waals surface area contributed by atoms with Gasteiger partial charge >= 0.3 is 0 Å². The van der Waals surface area contributed by atoms with Gasteiger partial charge < -0.3 is 9.80 Å². The molecule has 0 N–H and O–H groups in total. The maximum atomic E-state index is 2.63. The molecule has 0 aliphatic carbocycles. The van der Waals surface area contributed by atoms with E-state index in [1.165, 1.54) is 57.4 Å². The van der Waals surface area contributed by atoms with Gasteiger partial charge in [-0.25, -0.2) is 0 Å². The molecule has 0 radical (unpaired) electrons. The van der Waals surface area contributed by atoms with Gasteiger partial charge in [0.2, 0.25) is 0 Å². The molecule has 2 nitrogen and oxygen atoms in total. The summed E-state index contributed by atoms with van der Waals surface area (Å²) in [5.41, 5.74) is 1.41. The maximum absolute atomic E-state index is 2.63. The van der Waals surface area contributed by atoms with Crippen LogP contribution in [0.1, 0.15) is 31.2 Å². The van der Waals surface area contributed by atoms with Crippen LogP contribution in [0.5, 0.6) is 0 Å². The summed E-state index contributed by atoms with van der Waals surface area (Å²) in [7, 11) is 2.23. The summed E-state index contributed by atoms with van der Waals surface area (Å²) in [5, 5.41) is 0. The zero-order valence-electron chi connectivity index (χ0n) is 11.6. The van der Waals surface area contributed by atoms with Crippen LogP contribution in [-0.2, 0) is 6.54 Å². The summed E-state index contributed by atoms with van der Waals surface area (Å²) in [5.74, 6) is 0. The molecule has 1 fully saturated rings. The first-order chi connectivity index (χ1) is 8.84. The molecule has 100 valence electrons. The van der Waals surface area contributed by atoms with Gasteiger partial charge in [-0.3, -0.25) is 0 Å². The molecule has 0 saturated carbocycles. The third-order valence-electron chi connectivity index (χ3n) is 3.79. The first-order valence-corrected chi connectivity index (χ1v) is 7.29. The summed E-state index contributed by atoms with van der Waals surface area (Å²) < 4.78 is 0. The van der Waals surface area contributed by atoms with Gasteiger partial charge in [-0.15, -0.1) is 0 Å². The monoisotopic (exact) mass is 246 g/mol. The fraction of sp³-hybridized carbons (Fsp3) is 0.625. The predicted octanol–water partition coefficient (Wildman–Crippen LogP) is 2.99. The van der Waals surface area contributed by atoms with Crippen molar-refractivity contribution in [2.24, 2.45) is 0 Å². The first-order valence-electron chi connectivity index (χ1n) is 7.29. The summed E-state index contributed by atoms with van der Waals surface area (Å²) in [6.45, 7) is 6.07. The van der Waals surface area contributed by atoms with E-state index in [0.717, 1.165) is 6.54 Å². The topological polar surface area (TPSA) is 6.48 Å². The fourth-order valence-corrected chi connectivity index (χ4v) is 2.65. The lowest BCUT2D eigenvalue weighted by Crippen LogP contribution is -2.33. The summed E-state index contributed by atoms with van der Waals surface area (Å²) in [6.07, 6.45) is 5.64. The molecule has 1 saturated heterocycles. The zero-order chi connectivity index (χ0) is 12.6. The molecule has 1 aliphatic heterocycles. The number of rotatable bonds is 5. The Balaban J connectivity index is 1.69. The van der Waals surface area contributed by atoms with E-state index in [1.54, 1.807) is 0 Å². The molecule has 1 aromatic rings. The van der Waals surface area contributed by atoms with E-state index in [4.69, 9.17) is 0 Å². The fourth-order valence-electron chi connectivity index (χ4n) is 2.65. The summed E-state index contributed by atoms with van der Waals surface area (Å²) in [4.78, 5) is 5.06. The second kappa shape index (κ2) is 7.55. The molecule has 0 unspecified atom stereocenters. The number of likely N-dealkylation sites (N-methyl/N-ethyl adjacent to an activating group) is 1. The van der Waals surface area contributed by atoms with Gasteiger partial charge in [-0.1, -0.05) is 43.2 Å². The van der Waals surface area contributed by atoms with Crippen LogP contribution in [0.2, 0.25) is 0 Å². The van der Waals surface area contributed by atoms with Crippen LogP contribution < -0.4 is 0 Å². The summed E-state index contributed by atoms with van der Waals surface area (Å²) in [6, 6.07) is 10.8. The molecule has 2 rings (SSSR count). The van der Waals surface area contributed by atoms with Crippen LogP contribution >= 0.6 is 0 Å². The summed E-state index contributed by atoms with van der Waals surface area (Å²) >= 11 is 0. The van der Waals surface area contributed by atoms with E-state index in [0.29, 0.717) is 0 Å². The molecular weight excluding hydrogens is 220 g/mol. The smallest absolute Gasteiger partial charge is 0.0231 e. The zero-order valence-corrected chi connectivity index (χ0v) is 11.6. The SMILES string of the molecule is CN(CCN1CCCCCC1)Cc1ccccc1. The van der Waals surface area contributed by atoms with Gasteiger partial charge in [0.1, 0.15) is 0 Å². The standard InChI is InChI=1S/C16H26N2/c1-17(15-16-9-5-4-6-10-16)13-14-18-11-7-2-3-8-12-18/h4-6,9-10H,2-3,7-8,11-15H2,1H3. The van der Waals surface area contributed by atoms with Crippen molar-refractivity contribution in [1.29, 1.82) is 0 Å². The molecule has 1 aromatic carbocycles. The lowest BCUT2D eigenvalue weighted by molar-refractivity contribution is 0.227. The van der Waals surface area contributed by atoms with Gasteiger partial charge in [-0.2, -0.15) is 0 Å². The van der Waals surface area contributed by atoms with E-state index < -0.39 is 0 Å². The van der Waals surface area contributed by atoms with Crippen LogP contribution in [0.4, 0.5) is 0 Å². The van der Waals surface area contributed by atoms with E-state index in [9.17, 15) is 0 Å². The highest BCUT2D eigenvalue weighted by atomic mass is 15.2. The number of benzene rings is 1. The largest absolute Gasteiger partial charge is 0.302 e. The minimum absolute atomic E-state index is 1.06. The van der Waals surface area contributed by atoms with Gasteiger partial charge in [-0.05, 0) is 38.5 Å². The second-order valence-electron chi connectivity index (χ2n) is 5.48. The Morgan fingerprint density at radius 3 is 2.33 bits per heavy atom. The van der Waals surface area contributed by atoms with Crippen molar-refractivity contribution in [2.75, 3.05) is 33.2 Å². The van der Waals surface area contributed by atoms with Crippen LogP contribution in [0.3, 0.4) is 0 Å². The Hall–Kier alpha value is -0.860. The number of nitrogens with zero attached hydrogens (tertiary/aromatic N) is 2. The maximum Gasteiger partial charge on any atom is 0.0231 e. The molecule has 0 aromatic heterocycles. The molecule has 18 heavy (non-hydrogen) atoms. The highest BCUT2D eigenvalue weighted by Crippen LogP contribution is 2.09. The Bertz CT molecular complexity index is 315. The average molecular weight is 246 g/mol. The van der Waals surface area contributed by atoms with Crippen LogP contribution in [0.25, 0.3) is 0 Å². The predicted molar refractivity (Wildman–Crippen MR) is 77.7 cm³/mol. The van der Waals surface area contributed by atoms with Crippen molar-refractivity contribution in [1.82, 2.24) is 9.80 Å². The third-order valence-corrected chi connectivity index (χ3v) is 3.79. The second-order valence-corrected chi connectivity index (χ2v) is 5.48. The third kappa shape index (κ3) is 4.79. The number of hydrogen-bond acceptors (Lipinski definition) is 2. The minimum Gasteiger partial charge on any atom is -0.302 e. The molecular formula is C16H26N2. The average Bonchev–Trinajstić information content (AvgIpc) is 2.66. The Labute approximate surface area is 112 Å². The minimum atomic E-state index is 1.06. The van der Waals surface area contributed by atoms with Crippen LogP contribution in [0.15, 0.2) is 30.3 Å². The number of hydrogen-bond donors (Lipinski definition) is 0. The van der Waals surface area contributed by atoms with Crippen molar-refractivity contribution >= 4 is 0 Å². The molecule has 1 heterocycles. The van der Waals surface area contributed by atoms with E-state index in [-0.39, 0.29) is 0 Å². The molecule has 0 spiro atoms. The van der Waals surface area contributed by atoms with Crippen molar-refractivity contribution in [2.45, 2.75) is 32.2 Å². The van der Waals surface area contributed by atoms with Crippen LogP contribution in [-0.4, -0.2) is 43.0 Å². The molecule has 0 bridgehead atoms. The van der Waals surface area contributed by atoms with Crippen molar-refractivity contribution < 1.29 is 0 Å². The molecule has 1 aliphatic rings. The van der Waals surface area contributed by atoms with E-state index in [1.807, 2.05) is 0 Å². The van der Waals surface area contributed by atoms with E-state index in [2.05, 4.69) is 47.2 Å². The van der Waals surface area contributed by atoms with E-state index >= 15 is 0 Å². The normalized spacial score (nSPS) is 17.9. The van der Waals surface area contributed by atoms with Crippen LogP contribution in [0, 0.1) is 0 Å². The highest BCUT2D eigenvalue weighted by Gasteiger charge is 2.09. The number of likely N-dealkylation sites (tertiary alicyclic amines) is 1. The Morgan fingerprint density at radius 2 is 1.67 bits per heavy atom. The van der Waals surface area contributed by atoms with Gasteiger partial charge in [0.15, 0.2) is 0 Å². The van der Waals surface area contributed by atoms with Gasteiger partial charge in [0.25, 0.3) is 0 Å². The van der Waals surface area contributed by atoms with Crippen molar-refractivity contribution in [3.63, 3.8) is 0 Å². The first kappa shape index (κ1) is 13.6. The molecule has 0 atom stereocenters. The molecule has 2 heteroatoms. The van der Waals surface area contributed by atoms with Crippen molar-refractivity contribution in [3.8, 4) is 0 Å². The quantitative estimate of drug-likeness (QED) is 0.788.